The highest BCUT2D eigenvalue weighted by atomic mass is 14.6. The minimum atomic E-state index is 0.267. The molecule has 0 amide bonds. The van der Waals surface area contributed by atoms with E-state index in [1.165, 1.54) is 22.3 Å². The summed E-state index contributed by atoms with van der Waals surface area (Å²) in [5.41, 5.74) is 5.99. The van der Waals surface area contributed by atoms with Crippen molar-refractivity contribution in [2.24, 2.45) is 5.41 Å². The number of benzene rings is 1. The van der Waals surface area contributed by atoms with Crippen molar-refractivity contribution in [2.45, 2.75) is 39.5 Å². The lowest BCUT2D eigenvalue weighted by atomic mass is 9.63. The maximum Gasteiger partial charge on any atom is 0.175 e. The van der Waals surface area contributed by atoms with Gasteiger partial charge in [0.05, 0.1) is 0 Å². The molecule has 0 saturated heterocycles. The van der Waals surface area contributed by atoms with Crippen molar-refractivity contribution < 1.29 is 4.98 Å². The van der Waals surface area contributed by atoms with Gasteiger partial charge in [-0.15, -0.1) is 0 Å². The first kappa shape index (κ1) is 12.4. The molecular weight excluding hydrogens is 230 g/mol. The van der Waals surface area contributed by atoms with Gasteiger partial charge in [0.25, 0.3) is 0 Å². The predicted octanol–water partition coefficient (Wildman–Crippen LogP) is 4.41. The summed E-state index contributed by atoms with van der Waals surface area (Å²) in [6.45, 7) is 9.42. The maximum absolute atomic E-state index is 3.25. The molecule has 19 heavy (non-hydrogen) atoms. The van der Waals surface area contributed by atoms with E-state index in [1.54, 1.807) is 0 Å². The van der Waals surface area contributed by atoms with Crippen LogP contribution >= 0.6 is 0 Å². The molecule has 0 aliphatic heterocycles. The van der Waals surface area contributed by atoms with Gasteiger partial charge in [-0.25, -0.2) is 4.98 Å². The quantitative estimate of drug-likeness (QED) is 0.659. The second-order valence-corrected chi connectivity index (χ2v) is 6.73. The average Bonchev–Trinajstić information content (AvgIpc) is 2.38. The summed E-state index contributed by atoms with van der Waals surface area (Å²) in [6, 6.07) is 11.1. The zero-order chi connectivity index (χ0) is 13.6. The third-order valence-electron chi connectivity index (χ3n) is 4.41. The van der Waals surface area contributed by atoms with Crippen LogP contribution in [0.2, 0.25) is 0 Å². The summed E-state index contributed by atoms with van der Waals surface area (Å²) >= 11 is 0. The second kappa shape index (κ2) is 4.19. The normalized spacial score (nSPS) is 21.7. The molecule has 0 bridgehead atoms. The van der Waals surface area contributed by atoms with Gasteiger partial charge in [-0.05, 0) is 33.9 Å². The number of rotatable bonds is 0. The van der Waals surface area contributed by atoms with Gasteiger partial charge in [0.15, 0.2) is 12.4 Å². The molecule has 1 aromatic carbocycles. The summed E-state index contributed by atoms with van der Waals surface area (Å²) in [5.74, 6) is 1.12. The van der Waals surface area contributed by atoms with Crippen molar-refractivity contribution in [1.29, 1.82) is 0 Å². The summed E-state index contributed by atoms with van der Waals surface area (Å²) in [4.78, 5) is 3.25. The Labute approximate surface area is 115 Å². The van der Waals surface area contributed by atoms with Crippen LogP contribution < -0.4 is 4.98 Å². The Bertz CT molecular complexity index is 607. The van der Waals surface area contributed by atoms with E-state index in [0.717, 1.165) is 0 Å². The topological polar surface area (TPSA) is 14.1 Å². The summed E-state index contributed by atoms with van der Waals surface area (Å²) in [7, 11) is 0. The van der Waals surface area contributed by atoms with Gasteiger partial charge in [-0.1, -0.05) is 52.0 Å². The standard InChI is InChI=1S/C18H21N/c1-12-13-7-5-6-8-14(13)16-11-19-10-9-15(16)17(12)18(2,3)4/h5-12,17H,1-4H3/p+1. The van der Waals surface area contributed by atoms with Crippen LogP contribution in [0.3, 0.4) is 0 Å². The summed E-state index contributed by atoms with van der Waals surface area (Å²) in [6.07, 6.45) is 4.21. The molecule has 0 radical (unpaired) electrons. The van der Waals surface area contributed by atoms with Gasteiger partial charge in [-0.2, -0.15) is 0 Å². The van der Waals surface area contributed by atoms with E-state index in [4.69, 9.17) is 0 Å². The zero-order valence-electron chi connectivity index (χ0n) is 12.2. The Kier molecular flexibility index (Phi) is 2.74. The highest BCUT2D eigenvalue weighted by molar-refractivity contribution is 5.74. The molecule has 1 aromatic heterocycles. The molecule has 2 atom stereocenters. The third kappa shape index (κ3) is 1.88. The number of hydrogen-bond acceptors (Lipinski definition) is 0. The smallest absolute Gasteiger partial charge is 0.175 e. The molecule has 1 heterocycles. The molecule has 1 aliphatic rings. The first-order valence-electron chi connectivity index (χ1n) is 7.09. The highest BCUT2D eigenvalue weighted by Crippen LogP contribution is 2.52. The molecule has 0 fully saturated rings. The van der Waals surface area contributed by atoms with E-state index < -0.39 is 0 Å². The summed E-state index contributed by atoms with van der Waals surface area (Å²) < 4.78 is 0. The fraction of sp³-hybridized carbons (Fsp3) is 0.389. The lowest BCUT2D eigenvalue weighted by Gasteiger charge is -2.40. The molecule has 2 aromatic rings. The SMILES string of the molecule is CC1c2ccccc2-c2c[nH+]ccc2C1C(C)(C)C. The Morgan fingerprint density at radius 1 is 0.947 bits per heavy atom. The minimum Gasteiger partial charge on any atom is -0.217 e. The molecule has 98 valence electrons. The van der Waals surface area contributed by atoms with Crippen molar-refractivity contribution in [1.82, 2.24) is 0 Å². The van der Waals surface area contributed by atoms with Crippen LogP contribution in [0.5, 0.6) is 0 Å². The predicted molar refractivity (Wildman–Crippen MR) is 79.0 cm³/mol. The number of H-pyrrole nitrogens is 1. The fourth-order valence-electron chi connectivity index (χ4n) is 3.75. The van der Waals surface area contributed by atoms with Crippen LogP contribution in [-0.2, 0) is 0 Å². The number of hydrogen-bond donors (Lipinski definition) is 0. The van der Waals surface area contributed by atoms with E-state index in [1.807, 2.05) is 0 Å². The number of aromatic nitrogens is 1. The minimum absolute atomic E-state index is 0.267. The number of nitrogens with one attached hydrogen (secondary N) is 1. The van der Waals surface area contributed by atoms with Gasteiger partial charge in [0.1, 0.15) is 0 Å². The van der Waals surface area contributed by atoms with Crippen molar-refractivity contribution >= 4 is 0 Å². The van der Waals surface area contributed by atoms with E-state index in [2.05, 4.69) is 75.4 Å². The van der Waals surface area contributed by atoms with Crippen LogP contribution in [0, 0.1) is 5.41 Å². The lowest BCUT2D eigenvalue weighted by Crippen LogP contribution is -2.28. The van der Waals surface area contributed by atoms with Crippen LogP contribution in [0.15, 0.2) is 42.7 Å². The van der Waals surface area contributed by atoms with Gasteiger partial charge < -0.3 is 0 Å². The van der Waals surface area contributed by atoms with Crippen molar-refractivity contribution in [2.75, 3.05) is 0 Å². The molecule has 1 nitrogen and oxygen atoms in total. The maximum atomic E-state index is 3.25. The molecule has 2 unspecified atom stereocenters. The van der Waals surface area contributed by atoms with E-state index >= 15 is 0 Å². The number of pyridine rings is 1. The van der Waals surface area contributed by atoms with E-state index in [-0.39, 0.29) is 5.41 Å². The lowest BCUT2D eigenvalue weighted by molar-refractivity contribution is -0.377. The van der Waals surface area contributed by atoms with E-state index in [0.29, 0.717) is 11.8 Å². The van der Waals surface area contributed by atoms with Crippen LogP contribution in [0.25, 0.3) is 11.1 Å². The molecule has 0 saturated carbocycles. The monoisotopic (exact) mass is 252 g/mol. The molecule has 1 heteroatoms. The largest absolute Gasteiger partial charge is 0.217 e. The van der Waals surface area contributed by atoms with Crippen LogP contribution in [0.1, 0.15) is 50.7 Å². The second-order valence-electron chi connectivity index (χ2n) is 6.73. The van der Waals surface area contributed by atoms with Gasteiger partial charge in [0, 0.05) is 11.6 Å². The first-order valence-corrected chi connectivity index (χ1v) is 7.09. The van der Waals surface area contributed by atoms with E-state index in [9.17, 15) is 0 Å². The first-order chi connectivity index (χ1) is 9.00. The van der Waals surface area contributed by atoms with Crippen molar-refractivity contribution in [3.05, 3.63) is 53.9 Å². The molecular formula is C18H22N+. The molecule has 1 N–H and O–H groups in total. The van der Waals surface area contributed by atoms with Gasteiger partial charge in [0.2, 0.25) is 0 Å². The Morgan fingerprint density at radius 3 is 2.42 bits per heavy atom. The van der Waals surface area contributed by atoms with Crippen molar-refractivity contribution in [3.8, 4) is 11.1 Å². The Morgan fingerprint density at radius 2 is 1.68 bits per heavy atom. The molecule has 3 rings (SSSR count). The van der Waals surface area contributed by atoms with Gasteiger partial charge >= 0.3 is 0 Å². The fourth-order valence-corrected chi connectivity index (χ4v) is 3.75. The van der Waals surface area contributed by atoms with Crippen molar-refractivity contribution in [3.63, 3.8) is 0 Å². The number of fused-ring (bicyclic) bond motifs is 3. The Hall–Kier alpha value is -1.63. The highest BCUT2D eigenvalue weighted by Gasteiger charge is 2.38. The van der Waals surface area contributed by atoms with Crippen LogP contribution in [0.4, 0.5) is 0 Å². The summed E-state index contributed by atoms with van der Waals surface area (Å²) in [5, 5.41) is 0. The van der Waals surface area contributed by atoms with Crippen LogP contribution in [-0.4, -0.2) is 0 Å². The van der Waals surface area contributed by atoms with Gasteiger partial charge in [-0.3, -0.25) is 0 Å². The third-order valence-corrected chi connectivity index (χ3v) is 4.41. The Balaban J connectivity index is 2.30. The molecule has 0 spiro atoms. The molecule has 1 aliphatic carbocycles. The zero-order valence-corrected chi connectivity index (χ0v) is 12.2. The number of aromatic amines is 1. The average molecular weight is 252 g/mol.